The van der Waals surface area contributed by atoms with Crippen LogP contribution in [0.1, 0.15) is 0 Å². The minimum atomic E-state index is -4.49. The largest absolute Gasteiger partial charge is 0.410 e. The van der Waals surface area contributed by atoms with Gasteiger partial charge in [0.05, 0.1) is 0 Å². The van der Waals surface area contributed by atoms with Crippen LogP contribution in [-0.4, -0.2) is 41.2 Å². The van der Waals surface area contributed by atoms with Gasteiger partial charge in [0.25, 0.3) is 0 Å². The molecule has 0 aromatic heterocycles. The maximum atomic E-state index is 12.0. The van der Waals surface area contributed by atoms with Crippen molar-refractivity contribution in [2.24, 2.45) is 0 Å². The summed E-state index contributed by atoms with van der Waals surface area (Å²) in [6.45, 7) is 2.89. The van der Waals surface area contributed by atoms with Crippen LogP contribution in [0, 0.1) is 0 Å². The normalized spacial score (nSPS) is 15.0. The van der Waals surface area contributed by atoms with Crippen LogP contribution < -0.4 is 0 Å². The van der Waals surface area contributed by atoms with Crippen molar-refractivity contribution in [3.8, 4) is 0 Å². The van der Waals surface area contributed by atoms with Crippen LogP contribution in [0.3, 0.4) is 0 Å². The molecular weight excluding hydrogens is 298 g/mol. The molecule has 0 aromatic rings. The third kappa shape index (κ3) is 6.76. The van der Waals surface area contributed by atoms with Gasteiger partial charge < -0.3 is 8.85 Å². The summed E-state index contributed by atoms with van der Waals surface area (Å²) in [4.78, 5) is 0. The fourth-order valence-electron chi connectivity index (χ4n) is 0.872. The van der Waals surface area contributed by atoms with E-state index in [0.717, 1.165) is 0 Å². The molecular formula is C8H16F6O2Si2. The molecule has 110 valence electrons. The van der Waals surface area contributed by atoms with E-state index in [0.29, 0.717) is 0 Å². The first kappa shape index (κ1) is 17.9. The van der Waals surface area contributed by atoms with E-state index in [9.17, 15) is 26.3 Å². The SMILES string of the molecule is C[Si](C)(OCC(F)(F)F)[Si](C)(C)OCC(F)(F)F. The summed E-state index contributed by atoms with van der Waals surface area (Å²) in [6, 6.07) is 0. The van der Waals surface area contributed by atoms with Gasteiger partial charge in [-0.05, 0) is 26.2 Å². The van der Waals surface area contributed by atoms with Crippen LogP contribution >= 0.6 is 0 Å². The van der Waals surface area contributed by atoms with Gasteiger partial charge >= 0.3 is 12.4 Å². The van der Waals surface area contributed by atoms with Gasteiger partial charge in [-0.15, -0.1) is 0 Å². The lowest BCUT2D eigenvalue weighted by molar-refractivity contribution is -0.158. The minimum Gasteiger partial charge on any atom is -0.408 e. The van der Waals surface area contributed by atoms with E-state index in [1.54, 1.807) is 0 Å². The van der Waals surface area contributed by atoms with E-state index in [4.69, 9.17) is 8.85 Å². The van der Waals surface area contributed by atoms with Crippen LogP contribution in [0.25, 0.3) is 0 Å². The second-order valence-electron chi connectivity index (χ2n) is 4.83. The first-order valence-corrected chi connectivity index (χ1v) is 11.9. The Labute approximate surface area is 103 Å². The van der Waals surface area contributed by atoms with Crippen molar-refractivity contribution in [3.63, 3.8) is 0 Å². The van der Waals surface area contributed by atoms with Crippen molar-refractivity contribution in [1.29, 1.82) is 0 Å². The maximum absolute atomic E-state index is 12.0. The number of hydrogen-bond donors (Lipinski definition) is 0. The zero-order valence-electron chi connectivity index (χ0n) is 10.5. The molecule has 2 nitrogen and oxygen atoms in total. The Kier molecular flexibility index (Phi) is 5.49. The fraction of sp³-hybridized carbons (Fsp3) is 1.00. The van der Waals surface area contributed by atoms with E-state index in [1.807, 2.05) is 0 Å². The zero-order valence-corrected chi connectivity index (χ0v) is 12.5. The van der Waals surface area contributed by atoms with Gasteiger partial charge in [-0.1, -0.05) is 0 Å². The minimum absolute atomic E-state index is 1.45. The van der Waals surface area contributed by atoms with Gasteiger partial charge in [0, 0.05) is 0 Å². The second kappa shape index (κ2) is 5.51. The van der Waals surface area contributed by atoms with E-state index in [1.165, 1.54) is 26.2 Å². The second-order valence-corrected chi connectivity index (χ2v) is 18.7. The zero-order chi connectivity index (χ0) is 14.8. The first-order valence-electron chi connectivity index (χ1n) is 5.08. The molecule has 0 aliphatic rings. The van der Waals surface area contributed by atoms with E-state index < -0.39 is 41.2 Å². The molecule has 0 heterocycles. The van der Waals surface area contributed by atoms with Gasteiger partial charge in [0.2, 0.25) is 15.7 Å². The molecule has 0 aromatic carbocycles. The van der Waals surface area contributed by atoms with Crippen molar-refractivity contribution >= 4 is 15.7 Å². The van der Waals surface area contributed by atoms with Gasteiger partial charge in [-0.25, -0.2) is 0 Å². The van der Waals surface area contributed by atoms with Crippen LogP contribution in [-0.2, 0) is 8.85 Å². The third-order valence-corrected chi connectivity index (χ3v) is 16.8. The number of rotatable bonds is 5. The first-order chi connectivity index (χ1) is 7.66. The number of alkyl halides is 6. The van der Waals surface area contributed by atoms with E-state index >= 15 is 0 Å². The van der Waals surface area contributed by atoms with Crippen LogP contribution in [0.15, 0.2) is 0 Å². The highest BCUT2D eigenvalue weighted by atomic mass is 29.3. The molecule has 10 heteroatoms. The molecule has 0 aliphatic heterocycles. The van der Waals surface area contributed by atoms with Gasteiger partial charge in [0.15, 0.2) is 0 Å². The van der Waals surface area contributed by atoms with Gasteiger partial charge in [-0.3, -0.25) is 0 Å². The molecule has 0 rings (SSSR count). The Bertz CT molecular complexity index is 246. The van der Waals surface area contributed by atoms with Crippen molar-refractivity contribution in [1.82, 2.24) is 0 Å². The summed E-state index contributed by atoms with van der Waals surface area (Å²) in [5, 5.41) is 0. The van der Waals surface area contributed by atoms with Crippen molar-refractivity contribution < 1.29 is 35.2 Å². The lowest BCUT2D eigenvalue weighted by Gasteiger charge is -2.37. The van der Waals surface area contributed by atoms with Gasteiger partial charge in [-0.2, -0.15) is 26.3 Å². The molecule has 0 radical (unpaired) electrons. The summed E-state index contributed by atoms with van der Waals surface area (Å²) >= 11 is 0. The third-order valence-electron chi connectivity index (χ3n) is 2.64. The van der Waals surface area contributed by atoms with Crippen molar-refractivity contribution in [2.75, 3.05) is 13.2 Å². The highest BCUT2D eigenvalue weighted by Crippen LogP contribution is 2.27. The summed E-state index contributed by atoms with van der Waals surface area (Å²) in [5.41, 5.74) is 0. The fourth-order valence-corrected chi connectivity index (χ4v) is 5.13. The van der Waals surface area contributed by atoms with E-state index in [-0.39, 0.29) is 0 Å². The lowest BCUT2D eigenvalue weighted by atomic mass is 10.7. The monoisotopic (exact) mass is 314 g/mol. The predicted octanol–water partition coefficient (Wildman–Crippen LogP) is 3.63. The predicted molar refractivity (Wildman–Crippen MR) is 59.0 cm³/mol. The molecule has 0 atom stereocenters. The topological polar surface area (TPSA) is 18.5 Å². The summed E-state index contributed by atoms with van der Waals surface area (Å²) in [7, 11) is -5.89. The Morgan fingerprint density at radius 2 is 0.889 bits per heavy atom. The standard InChI is InChI=1S/C8H16F6O2Si2/c1-17(2,15-5-7(9,10)11)18(3,4)16-6-8(12,13)14/h5-6H2,1-4H3. The Balaban J connectivity index is 4.55. The molecule has 0 saturated heterocycles. The molecule has 0 fully saturated rings. The average molecular weight is 314 g/mol. The lowest BCUT2D eigenvalue weighted by Crippen LogP contribution is -2.60. The quantitative estimate of drug-likeness (QED) is 0.570. The highest BCUT2D eigenvalue weighted by Gasteiger charge is 2.48. The summed E-state index contributed by atoms with van der Waals surface area (Å²) in [5.74, 6) is 0. The van der Waals surface area contributed by atoms with Crippen LogP contribution in [0.4, 0.5) is 26.3 Å². The summed E-state index contributed by atoms with van der Waals surface area (Å²) < 4.78 is 81.9. The number of hydrogen-bond acceptors (Lipinski definition) is 2. The molecule has 0 spiro atoms. The Hall–Kier alpha value is -0.0662. The smallest absolute Gasteiger partial charge is 0.408 e. The molecule has 0 unspecified atom stereocenters. The molecule has 0 saturated carbocycles. The number of halogens is 6. The molecule has 0 amide bonds. The molecule has 0 bridgehead atoms. The van der Waals surface area contributed by atoms with Crippen molar-refractivity contribution in [3.05, 3.63) is 0 Å². The molecule has 0 N–H and O–H groups in total. The summed E-state index contributed by atoms with van der Waals surface area (Å²) in [6.07, 6.45) is -8.97. The Morgan fingerprint density at radius 3 is 1.06 bits per heavy atom. The molecule has 0 aliphatic carbocycles. The molecule has 18 heavy (non-hydrogen) atoms. The van der Waals surface area contributed by atoms with Crippen LogP contribution in [0.2, 0.25) is 26.2 Å². The van der Waals surface area contributed by atoms with E-state index in [2.05, 4.69) is 0 Å². The maximum Gasteiger partial charge on any atom is 0.410 e. The Morgan fingerprint density at radius 1 is 0.667 bits per heavy atom. The van der Waals surface area contributed by atoms with Crippen LogP contribution in [0.5, 0.6) is 0 Å². The highest BCUT2D eigenvalue weighted by molar-refractivity contribution is 7.35. The average Bonchev–Trinajstić information content (AvgIpc) is 2.10. The van der Waals surface area contributed by atoms with Crippen molar-refractivity contribution in [2.45, 2.75) is 38.5 Å². The van der Waals surface area contributed by atoms with Gasteiger partial charge in [0.1, 0.15) is 13.2 Å².